The van der Waals surface area contributed by atoms with Crippen molar-refractivity contribution in [2.75, 3.05) is 7.05 Å². The second kappa shape index (κ2) is 4.53. The number of aromatic nitrogens is 2. The quantitative estimate of drug-likeness (QED) is 0.684. The Morgan fingerprint density at radius 3 is 2.69 bits per heavy atom. The van der Waals surface area contributed by atoms with Crippen molar-refractivity contribution in [1.29, 1.82) is 5.26 Å². The Balaban J connectivity index is 2.56. The summed E-state index contributed by atoms with van der Waals surface area (Å²) in [7, 11) is 1.88. The minimum Gasteiger partial charge on any atom is -0.284 e. The first-order chi connectivity index (χ1) is 6.24. The summed E-state index contributed by atoms with van der Waals surface area (Å²) >= 11 is 0. The zero-order valence-electron chi connectivity index (χ0n) is 7.81. The first-order valence-corrected chi connectivity index (χ1v) is 4.10. The fourth-order valence-corrected chi connectivity index (χ4v) is 0.870. The average Bonchev–Trinajstić information content (AvgIpc) is 2.18. The van der Waals surface area contributed by atoms with Gasteiger partial charge in [-0.15, -0.1) is 0 Å². The molecule has 0 aliphatic carbocycles. The summed E-state index contributed by atoms with van der Waals surface area (Å²) in [6.07, 6.45) is 3.40. The summed E-state index contributed by atoms with van der Waals surface area (Å²) < 4.78 is 0. The smallest absolute Gasteiger partial charge is 0.142 e. The molecule has 0 saturated heterocycles. The molecule has 1 aromatic rings. The number of hydrogen-bond donors (Lipinski definition) is 0. The van der Waals surface area contributed by atoms with Crippen LogP contribution in [0.3, 0.4) is 0 Å². The Bertz CT molecular complexity index is 290. The lowest BCUT2D eigenvalue weighted by Gasteiger charge is -2.17. The van der Waals surface area contributed by atoms with Gasteiger partial charge in [0.15, 0.2) is 0 Å². The minimum atomic E-state index is -0.108. The van der Waals surface area contributed by atoms with E-state index in [1.54, 1.807) is 18.5 Å². The van der Waals surface area contributed by atoms with Gasteiger partial charge in [-0.3, -0.25) is 4.90 Å². The normalized spacial score (nSPS) is 12.5. The standard InChI is InChI=1S/C9H12N4/c1-8(6-10)13(2)7-9-11-4-3-5-12-9/h3-5,8H,7H2,1-2H3. The molecule has 0 fully saturated rings. The van der Waals surface area contributed by atoms with Crippen LogP contribution in [0.25, 0.3) is 0 Å². The van der Waals surface area contributed by atoms with Gasteiger partial charge < -0.3 is 0 Å². The van der Waals surface area contributed by atoms with Gasteiger partial charge in [-0.05, 0) is 20.0 Å². The molecule has 4 heteroatoms. The second-order valence-corrected chi connectivity index (χ2v) is 2.89. The van der Waals surface area contributed by atoms with Crippen LogP contribution >= 0.6 is 0 Å². The predicted octanol–water partition coefficient (Wildman–Crippen LogP) is 0.820. The molecule has 1 rings (SSSR count). The lowest BCUT2D eigenvalue weighted by molar-refractivity contribution is 0.287. The Morgan fingerprint density at radius 2 is 2.15 bits per heavy atom. The summed E-state index contributed by atoms with van der Waals surface area (Å²) in [5, 5.41) is 8.65. The van der Waals surface area contributed by atoms with E-state index in [0.717, 1.165) is 5.82 Å². The third kappa shape index (κ3) is 2.80. The van der Waals surface area contributed by atoms with E-state index < -0.39 is 0 Å². The van der Waals surface area contributed by atoms with Crippen molar-refractivity contribution < 1.29 is 0 Å². The van der Waals surface area contributed by atoms with E-state index in [-0.39, 0.29) is 6.04 Å². The molecule has 0 bridgehead atoms. The Kier molecular flexibility index (Phi) is 3.35. The van der Waals surface area contributed by atoms with Gasteiger partial charge in [0, 0.05) is 12.4 Å². The van der Waals surface area contributed by atoms with Crippen LogP contribution < -0.4 is 0 Å². The van der Waals surface area contributed by atoms with Gasteiger partial charge in [0.2, 0.25) is 0 Å². The summed E-state index contributed by atoms with van der Waals surface area (Å²) in [6.45, 7) is 2.46. The van der Waals surface area contributed by atoms with Gasteiger partial charge in [0.1, 0.15) is 5.82 Å². The molecule has 0 saturated carbocycles. The second-order valence-electron chi connectivity index (χ2n) is 2.89. The maximum absolute atomic E-state index is 8.65. The van der Waals surface area contributed by atoms with E-state index >= 15 is 0 Å². The van der Waals surface area contributed by atoms with Crippen LogP contribution in [-0.2, 0) is 6.54 Å². The van der Waals surface area contributed by atoms with Crippen LogP contribution in [0.2, 0.25) is 0 Å². The van der Waals surface area contributed by atoms with Crippen molar-refractivity contribution in [1.82, 2.24) is 14.9 Å². The van der Waals surface area contributed by atoms with Crippen LogP contribution in [0.15, 0.2) is 18.5 Å². The molecular weight excluding hydrogens is 164 g/mol. The van der Waals surface area contributed by atoms with Crippen LogP contribution in [0.5, 0.6) is 0 Å². The molecule has 0 aliphatic rings. The topological polar surface area (TPSA) is 52.8 Å². The maximum atomic E-state index is 8.65. The molecule has 1 heterocycles. The summed E-state index contributed by atoms with van der Waals surface area (Å²) in [4.78, 5) is 10.0. The van der Waals surface area contributed by atoms with Crippen LogP contribution in [0.4, 0.5) is 0 Å². The zero-order valence-corrected chi connectivity index (χ0v) is 7.81. The highest BCUT2D eigenvalue weighted by Gasteiger charge is 2.08. The molecule has 0 radical (unpaired) electrons. The number of rotatable bonds is 3. The van der Waals surface area contributed by atoms with Gasteiger partial charge in [0.05, 0.1) is 18.7 Å². The molecule has 1 aromatic heterocycles. The number of hydrogen-bond acceptors (Lipinski definition) is 4. The zero-order chi connectivity index (χ0) is 9.68. The molecule has 0 amide bonds. The molecule has 0 aromatic carbocycles. The van der Waals surface area contributed by atoms with Crippen LogP contribution in [-0.4, -0.2) is 28.0 Å². The van der Waals surface area contributed by atoms with Crippen LogP contribution in [0.1, 0.15) is 12.7 Å². The van der Waals surface area contributed by atoms with Crippen molar-refractivity contribution in [3.63, 3.8) is 0 Å². The minimum absolute atomic E-state index is 0.108. The van der Waals surface area contributed by atoms with Gasteiger partial charge in [-0.2, -0.15) is 5.26 Å². The molecule has 68 valence electrons. The summed E-state index contributed by atoms with van der Waals surface area (Å²) in [5.41, 5.74) is 0. The molecule has 4 nitrogen and oxygen atoms in total. The fraction of sp³-hybridized carbons (Fsp3) is 0.444. The third-order valence-corrected chi connectivity index (χ3v) is 1.86. The first-order valence-electron chi connectivity index (χ1n) is 4.10. The SMILES string of the molecule is CC(C#N)N(C)Cc1ncccn1. The third-order valence-electron chi connectivity index (χ3n) is 1.86. The molecule has 0 aliphatic heterocycles. The van der Waals surface area contributed by atoms with Crippen molar-refractivity contribution in [2.45, 2.75) is 19.5 Å². The highest BCUT2D eigenvalue weighted by atomic mass is 15.1. The van der Waals surface area contributed by atoms with Gasteiger partial charge in [0.25, 0.3) is 0 Å². The lowest BCUT2D eigenvalue weighted by atomic mass is 10.3. The number of nitrogens with zero attached hydrogens (tertiary/aromatic N) is 4. The van der Waals surface area contributed by atoms with E-state index in [1.165, 1.54) is 0 Å². The van der Waals surface area contributed by atoms with E-state index in [9.17, 15) is 0 Å². The van der Waals surface area contributed by atoms with Gasteiger partial charge >= 0.3 is 0 Å². The van der Waals surface area contributed by atoms with E-state index in [1.807, 2.05) is 18.9 Å². The molecule has 0 spiro atoms. The summed E-state index contributed by atoms with van der Waals surface area (Å²) in [5.74, 6) is 0.743. The molecular formula is C9H12N4. The van der Waals surface area contributed by atoms with E-state index in [4.69, 9.17) is 5.26 Å². The maximum Gasteiger partial charge on any atom is 0.142 e. The molecule has 1 atom stereocenters. The Labute approximate surface area is 77.8 Å². The predicted molar refractivity (Wildman–Crippen MR) is 48.6 cm³/mol. The highest BCUT2D eigenvalue weighted by molar-refractivity contribution is 4.92. The molecule has 13 heavy (non-hydrogen) atoms. The lowest BCUT2D eigenvalue weighted by Crippen LogP contribution is -2.27. The van der Waals surface area contributed by atoms with E-state index in [2.05, 4.69) is 16.0 Å². The van der Waals surface area contributed by atoms with E-state index in [0.29, 0.717) is 6.54 Å². The highest BCUT2D eigenvalue weighted by Crippen LogP contribution is 1.99. The summed E-state index contributed by atoms with van der Waals surface area (Å²) in [6, 6.07) is 3.82. The first kappa shape index (κ1) is 9.62. The largest absolute Gasteiger partial charge is 0.284 e. The molecule has 1 unspecified atom stereocenters. The van der Waals surface area contributed by atoms with Crippen molar-refractivity contribution in [2.24, 2.45) is 0 Å². The fourth-order valence-electron chi connectivity index (χ4n) is 0.870. The van der Waals surface area contributed by atoms with Gasteiger partial charge in [-0.1, -0.05) is 0 Å². The Hall–Kier alpha value is -1.47. The van der Waals surface area contributed by atoms with Crippen molar-refractivity contribution in [3.05, 3.63) is 24.3 Å². The Morgan fingerprint density at radius 1 is 1.54 bits per heavy atom. The van der Waals surface area contributed by atoms with Crippen molar-refractivity contribution in [3.8, 4) is 6.07 Å². The van der Waals surface area contributed by atoms with Crippen LogP contribution in [0, 0.1) is 11.3 Å². The monoisotopic (exact) mass is 176 g/mol. The number of nitriles is 1. The van der Waals surface area contributed by atoms with Crippen molar-refractivity contribution >= 4 is 0 Å². The molecule has 0 N–H and O–H groups in total. The average molecular weight is 176 g/mol. The van der Waals surface area contributed by atoms with Gasteiger partial charge in [-0.25, -0.2) is 9.97 Å².